The van der Waals surface area contributed by atoms with E-state index in [2.05, 4.69) is 36.2 Å². The minimum Gasteiger partial charge on any atom is -0.469 e. The summed E-state index contributed by atoms with van der Waals surface area (Å²) < 4.78 is 6.07. The number of hydrogen-bond acceptors (Lipinski definition) is 4. The Hall–Kier alpha value is -2.15. The molecule has 1 unspecified atom stereocenters. The molecule has 0 saturated heterocycles. The number of carbonyl (C=O) groups is 1. The lowest BCUT2D eigenvalue weighted by Crippen LogP contribution is -2.33. The summed E-state index contributed by atoms with van der Waals surface area (Å²) in [6.07, 6.45) is 6.35. The van der Waals surface area contributed by atoms with Gasteiger partial charge < -0.3 is 14.7 Å². The Labute approximate surface area is 135 Å². The van der Waals surface area contributed by atoms with Gasteiger partial charge >= 0.3 is 0 Å². The predicted molar refractivity (Wildman–Crippen MR) is 85.5 cm³/mol. The minimum atomic E-state index is -0.209. The maximum Gasteiger partial charge on any atom is 0.270 e. The first-order valence-electron chi connectivity index (χ1n) is 6.96. The number of hydrogen-bond donors (Lipinski definition) is 2. The standard InChI is InChI=1S/C15H15BrN4O2/c1-9(4-5-10-3-2-6-22-10)20-15(21)13-12-11(16)7-17-14(12)19-8-18-13/h2-3,6-9H,4-5H2,1H3,(H,20,21)(H,17,18,19). The molecule has 1 atom stereocenters. The molecule has 22 heavy (non-hydrogen) atoms. The van der Waals surface area contributed by atoms with Crippen molar-refractivity contribution in [2.24, 2.45) is 0 Å². The van der Waals surface area contributed by atoms with Gasteiger partial charge in [0.05, 0.1) is 11.6 Å². The highest BCUT2D eigenvalue weighted by molar-refractivity contribution is 9.10. The number of H-pyrrole nitrogens is 1. The number of furan rings is 1. The number of fused-ring (bicyclic) bond motifs is 1. The molecule has 7 heteroatoms. The van der Waals surface area contributed by atoms with E-state index < -0.39 is 0 Å². The average molecular weight is 363 g/mol. The lowest BCUT2D eigenvalue weighted by atomic mass is 10.1. The van der Waals surface area contributed by atoms with E-state index in [0.717, 1.165) is 23.1 Å². The average Bonchev–Trinajstić information content (AvgIpc) is 3.15. The fourth-order valence-corrected chi connectivity index (χ4v) is 2.77. The van der Waals surface area contributed by atoms with E-state index in [1.54, 1.807) is 12.5 Å². The summed E-state index contributed by atoms with van der Waals surface area (Å²) in [5.74, 6) is 0.707. The highest BCUT2D eigenvalue weighted by Crippen LogP contribution is 2.24. The van der Waals surface area contributed by atoms with Crippen LogP contribution in [-0.4, -0.2) is 26.9 Å². The van der Waals surface area contributed by atoms with Crippen LogP contribution >= 0.6 is 15.9 Å². The van der Waals surface area contributed by atoms with Crippen molar-refractivity contribution in [3.63, 3.8) is 0 Å². The Morgan fingerprint density at radius 2 is 2.36 bits per heavy atom. The number of rotatable bonds is 5. The van der Waals surface area contributed by atoms with Gasteiger partial charge in [-0.15, -0.1) is 0 Å². The van der Waals surface area contributed by atoms with E-state index in [-0.39, 0.29) is 11.9 Å². The number of aryl methyl sites for hydroxylation is 1. The molecule has 0 bridgehead atoms. The van der Waals surface area contributed by atoms with Crippen molar-refractivity contribution in [2.45, 2.75) is 25.8 Å². The molecule has 0 aliphatic carbocycles. The molecule has 0 aromatic carbocycles. The Morgan fingerprint density at radius 1 is 1.50 bits per heavy atom. The van der Waals surface area contributed by atoms with Crippen molar-refractivity contribution in [3.8, 4) is 0 Å². The largest absolute Gasteiger partial charge is 0.469 e. The van der Waals surface area contributed by atoms with Crippen molar-refractivity contribution in [3.05, 3.63) is 46.8 Å². The molecular formula is C15H15BrN4O2. The Balaban J connectivity index is 1.69. The second-order valence-electron chi connectivity index (χ2n) is 5.08. The fourth-order valence-electron chi connectivity index (χ4n) is 2.28. The van der Waals surface area contributed by atoms with Crippen molar-refractivity contribution in [2.75, 3.05) is 0 Å². The third-order valence-corrected chi connectivity index (χ3v) is 4.04. The number of aromatic nitrogens is 3. The van der Waals surface area contributed by atoms with Crippen molar-refractivity contribution >= 4 is 32.9 Å². The highest BCUT2D eigenvalue weighted by atomic mass is 79.9. The minimum absolute atomic E-state index is 0.0142. The van der Waals surface area contributed by atoms with E-state index in [1.807, 2.05) is 19.1 Å². The summed E-state index contributed by atoms with van der Waals surface area (Å²) >= 11 is 3.41. The van der Waals surface area contributed by atoms with Crippen molar-refractivity contribution in [1.29, 1.82) is 0 Å². The second-order valence-corrected chi connectivity index (χ2v) is 5.93. The van der Waals surface area contributed by atoms with Gasteiger partial charge in [0, 0.05) is 23.1 Å². The van der Waals surface area contributed by atoms with Gasteiger partial charge in [-0.3, -0.25) is 4.79 Å². The maximum atomic E-state index is 12.4. The molecule has 3 heterocycles. The normalized spacial score (nSPS) is 12.5. The van der Waals surface area contributed by atoms with Gasteiger partial charge in [0.15, 0.2) is 0 Å². The number of amides is 1. The summed E-state index contributed by atoms with van der Waals surface area (Å²) in [7, 11) is 0. The van der Waals surface area contributed by atoms with Gasteiger partial charge in [-0.2, -0.15) is 0 Å². The number of nitrogens with one attached hydrogen (secondary N) is 2. The van der Waals surface area contributed by atoms with Crippen LogP contribution in [0.15, 0.2) is 39.8 Å². The summed E-state index contributed by atoms with van der Waals surface area (Å²) in [6.45, 7) is 1.96. The molecule has 3 aromatic rings. The van der Waals surface area contributed by atoms with Crippen LogP contribution < -0.4 is 5.32 Å². The molecule has 6 nitrogen and oxygen atoms in total. The lowest BCUT2D eigenvalue weighted by molar-refractivity contribution is 0.0934. The van der Waals surface area contributed by atoms with E-state index in [0.29, 0.717) is 16.7 Å². The lowest BCUT2D eigenvalue weighted by Gasteiger charge is -2.13. The predicted octanol–water partition coefficient (Wildman–Crippen LogP) is 3.06. The molecule has 3 rings (SSSR count). The van der Waals surface area contributed by atoms with Gasteiger partial charge in [-0.1, -0.05) is 0 Å². The summed E-state index contributed by atoms with van der Waals surface area (Å²) in [6, 6.07) is 3.80. The van der Waals surface area contributed by atoms with Crippen LogP contribution in [0.1, 0.15) is 29.6 Å². The molecule has 3 aromatic heterocycles. The third kappa shape index (κ3) is 3.04. The molecular weight excluding hydrogens is 348 g/mol. The van der Waals surface area contributed by atoms with E-state index in [9.17, 15) is 4.79 Å². The molecule has 114 valence electrons. The topological polar surface area (TPSA) is 83.8 Å². The zero-order valence-corrected chi connectivity index (χ0v) is 13.6. The number of halogens is 1. The van der Waals surface area contributed by atoms with E-state index in [1.165, 1.54) is 6.33 Å². The highest BCUT2D eigenvalue weighted by Gasteiger charge is 2.17. The SMILES string of the molecule is CC(CCc1ccco1)NC(=O)c1ncnc2[nH]cc(Br)c12. The van der Waals surface area contributed by atoms with Crippen LogP contribution in [0.4, 0.5) is 0 Å². The van der Waals surface area contributed by atoms with Gasteiger partial charge in [0.1, 0.15) is 23.4 Å². The van der Waals surface area contributed by atoms with Crippen LogP contribution in [0.2, 0.25) is 0 Å². The van der Waals surface area contributed by atoms with Crippen molar-refractivity contribution in [1.82, 2.24) is 20.3 Å². The molecule has 0 saturated carbocycles. The number of aromatic amines is 1. The second kappa shape index (κ2) is 6.31. The molecule has 0 aliphatic rings. The first kappa shape index (κ1) is 14.8. The molecule has 0 spiro atoms. The van der Waals surface area contributed by atoms with E-state index >= 15 is 0 Å². The summed E-state index contributed by atoms with van der Waals surface area (Å²) in [5.41, 5.74) is 0.998. The smallest absolute Gasteiger partial charge is 0.270 e. The van der Waals surface area contributed by atoms with Gasteiger partial charge in [0.25, 0.3) is 5.91 Å². The summed E-state index contributed by atoms with van der Waals surface area (Å²) in [5, 5.41) is 3.65. The van der Waals surface area contributed by atoms with Crippen LogP contribution in [0.3, 0.4) is 0 Å². The molecule has 1 amide bonds. The van der Waals surface area contributed by atoms with Crippen LogP contribution in [-0.2, 0) is 6.42 Å². The molecule has 2 N–H and O–H groups in total. The van der Waals surface area contributed by atoms with Gasteiger partial charge in [0.2, 0.25) is 0 Å². The Morgan fingerprint density at radius 3 is 3.14 bits per heavy atom. The Bertz CT molecular complexity index is 782. The first-order chi connectivity index (χ1) is 10.6. The van der Waals surface area contributed by atoms with Crippen molar-refractivity contribution < 1.29 is 9.21 Å². The quantitative estimate of drug-likeness (QED) is 0.730. The zero-order chi connectivity index (χ0) is 15.5. The molecule has 0 aliphatic heterocycles. The molecule has 0 fully saturated rings. The number of nitrogens with zero attached hydrogens (tertiary/aromatic N) is 2. The third-order valence-electron chi connectivity index (χ3n) is 3.42. The zero-order valence-electron chi connectivity index (χ0n) is 12.0. The van der Waals surface area contributed by atoms with Crippen LogP contribution in [0.5, 0.6) is 0 Å². The van der Waals surface area contributed by atoms with Crippen LogP contribution in [0, 0.1) is 0 Å². The van der Waals surface area contributed by atoms with Gasteiger partial charge in [-0.05, 0) is 41.4 Å². The van der Waals surface area contributed by atoms with Crippen LogP contribution in [0.25, 0.3) is 11.0 Å². The first-order valence-corrected chi connectivity index (χ1v) is 7.75. The number of carbonyl (C=O) groups excluding carboxylic acids is 1. The monoisotopic (exact) mass is 362 g/mol. The summed E-state index contributed by atoms with van der Waals surface area (Å²) in [4.78, 5) is 23.6. The Kier molecular flexibility index (Phi) is 4.24. The maximum absolute atomic E-state index is 12.4. The molecule has 0 radical (unpaired) electrons. The van der Waals surface area contributed by atoms with E-state index in [4.69, 9.17) is 4.42 Å². The fraction of sp³-hybridized carbons (Fsp3) is 0.267. The van der Waals surface area contributed by atoms with Gasteiger partial charge in [-0.25, -0.2) is 9.97 Å².